The molecule has 3 atom stereocenters. The molecule has 3 aliphatic rings. The predicted octanol–water partition coefficient (Wildman–Crippen LogP) is 7.06. The van der Waals surface area contributed by atoms with E-state index in [1.165, 1.54) is 26.8 Å². The Hall–Kier alpha value is -7.10. The highest BCUT2D eigenvalue weighted by atomic mass is 32.1. The summed E-state index contributed by atoms with van der Waals surface area (Å²) >= 11 is 0.955. The number of rotatable bonds is 15. The van der Waals surface area contributed by atoms with E-state index in [4.69, 9.17) is 0 Å². The third-order valence-corrected chi connectivity index (χ3v) is 15.5. The number of carbonyl (C=O) groups excluding carboxylic acids is 7. The molecule has 16 nitrogen and oxygen atoms in total. The maximum atomic E-state index is 14.9. The summed E-state index contributed by atoms with van der Waals surface area (Å²) in [5.41, 5.74) is -2.16. The molecule has 1 unspecified atom stereocenters. The zero-order chi connectivity index (χ0) is 53.1. The van der Waals surface area contributed by atoms with Gasteiger partial charge in [0.25, 0.3) is 11.8 Å². The summed E-state index contributed by atoms with van der Waals surface area (Å²) in [6.45, 7) is 5.95. The van der Waals surface area contributed by atoms with Crippen LogP contribution < -0.4 is 20.9 Å². The van der Waals surface area contributed by atoms with Gasteiger partial charge in [-0.2, -0.15) is 8.78 Å². The Labute approximate surface area is 430 Å². The number of thiophene rings is 1. The summed E-state index contributed by atoms with van der Waals surface area (Å²) in [6, 6.07) is 23.7. The van der Waals surface area contributed by atoms with E-state index in [1.54, 1.807) is 39.0 Å². The molecule has 0 aliphatic carbocycles. The van der Waals surface area contributed by atoms with Gasteiger partial charge in [0.05, 0.1) is 4.88 Å². The van der Waals surface area contributed by atoms with Crippen molar-refractivity contribution in [2.24, 2.45) is 5.41 Å². The molecule has 74 heavy (non-hydrogen) atoms. The number of carbonyl (C=O) groups is 7. The number of hydrogen-bond acceptors (Lipinski definition) is 9. The van der Waals surface area contributed by atoms with Crippen LogP contribution in [-0.4, -0.2) is 98.7 Å². The van der Waals surface area contributed by atoms with Crippen molar-refractivity contribution in [2.45, 2.75) is 96.1 Å². The minimum absolute atomic E-state index is 0.0257. The summed E-state index contributed by atoms with van der Waals surface area (Å²) in [5.74, 6) is 3.20. The lowest BCUT2D eigenvalue weighted by molar-refractivity contribution is -0.141. The Balaban J connectivity index is 0.930. The Kier molecular flexibility index (Phi) is 15.7. The van der Waals surface area contributed by atoms with Crippen molar-refractivity contribution in [3.05, 3.63) is 124 Å². The average molecular weight is 1050 g/mol. The van der Waals surface area contributed by atoms with Crippen LogP contribution in [0, 0.1) is 17.3 Å². The predicted molar refractivity (Wildman–Crippen MR) is 274 cm³/mol. The van der Waals surface area contributed by atoms with E-state index in [0.717, 1.165) is 34.6 Å². The highest BCUT2D eigenvalue weighted by molar-refractivity contribution is 7.52. The number of fused-ring (bicyclic) bond motifs is 2. The topological polar surface area (TPSA) is 223 Å². The molecule has 0 radical (unpaired) electrons. The minimum atomic E-state index is -5.84. The largest absolute Gasteiger partial charge is 0.399 e. The molecule has 386 valence electrons. The van der Waals surface area contributed by atoms with Gasteiger partial charge in [-0.05, 0) is 95.6 Å². The van der Waals surface area contributed by atoms with Gasteiger partial charge in [-0.15, -0.1) is 11.3 Å². The van der Waals surface area contributed by atoms with Gasteiger partial charge in [-0.3, -0.25) is 43.4 Å². The number of halogens is 2. The fraction of sp³-hybridized carbons (Fsp3) is 0.352. The Morgan fingerprint density at radius 1 is 0.932 bits per heavy atom. The second-order valence-corrected chi connectivity index (χ2v) is 22.3. The van der Waals surface area contributed by atoms with Gasteiger partial charge in [0, 0.05) is 72.5 Å². The number of amides is 7. The lowest BCUT2D eigenvalue weighted by Gasteiger charge is -2.36. The maximum absolute atomic E-state index is 14.9. The van der Waals surface area contributed by atoms with E-state index in [2.05, 4.69) is 27.8 Å². The first kappa shape index (κ1) is 53.2. The Morgan fingerprint density at radius 2 is 1.68 bits per heavy atom. The molecule has 0 spiro atoms. The van der Waals surface area contributed by atoms with Gasteiger partial charge in [0.15, 0.2) is 0 Å². The van der Waals surface area contributed by atoms with E-state index in [-0.39, 0.29) is 66.9 Å². The van der Waals surface area contributed by atoms with Crippen LogP contribution in [0.2, 0.25) is 0 Å². The van der Waals surface area contributed by atoms with Gasteiger partial charge in [0.2, 0.25) is 29.5 Å². The quantitative estimate of drug-likeness (QED) is 0.0311. The van der Waals surface area contributed by atoms with Gasteiger partial charge in [-0.25, -0.2) is 0 Å². The van der Waals surface area contributed by atoms with Gasteiger partial charge < -0.3 is 35.1 Å². The molecule has 4 aromatic carbocycles. The van der Waals surface area contributed by atoms with Crippen LogP contribution in [0.5, 0.6) is 0 Å². The monoisotopic (exact) mass is 1050 g/mol. The summed E-state index contributed by atoms with van der Waals surface area (Å²) in [4.78, 5) is 117. The van der Waals surface area contributed by atoms with E-state index in [9.17, 15) is 56.7 Å². The standard InChI is InChI=1S/C54H55F2N6O10PS/c1-53(2,3)47(59-49(66)44-31-36-29-37(21-23-43(36)74-44)54(55,56)73(70,71)72)52(69)61-27-12-20-42(61)51(68)60(38-18-10-17-35(30-38)33-13-6-4-7-14-33)28-25-45(63)57-26-9-5-8-15-34-16-11-19-39-40(34)32-62(50(39)67)41-22-24-46(64)58-48(41)65/h4,6-7,10-11,13-14,16-19,21,23,29-31,41-42,47H,5,9,12,20,22,24-28,32H2,1-3H3,(H,57,63)(H,59,66)(H,58,64,65)(H2,70,71,72)/t41?,42-,47+/m0/s1. The number of nitrogens with one attached hydrogen (secondary N) is 3. The second kappa shape index (κ2) is 21.8. The maximum Gasteiger partial charge on any atom is 0.399 e. The SMILES string of the molecule is CC(C)(C)[C@H](NC(=O)c1cc2cc(C(F)(F)P(=O)(O)O)ccc2s1)C(=O)N1CCC[C@H]1C(=O)N(CCC(=O)NCCCC#Cc1cccc2c1CN(C1CCC(=O)NC1=O)C2=O)c1cccc(-c2ccccc2)c1. The zero-order valence-corrected chi connectivity index (χ0v) is 42.6. The van der Waals surface area contributed by atoms with Gasteiger partial charge in [0.1, 0.15) is 18.1 Å². The first-order valence-electron chi connectivity index (χ1n) is 24.2. The van der Waals surface area contributed by atoms with E-state index < -0.39 is 66.0 Å². The number of anilines is 1. The molecule has 1 aromatic heterocycles. The highest BCUT2D eigenvalue weighted by Crippen LogP contribution is 2.59. The molecule has 3 aliphatic heterocycles. The first-order chi connectivity index (χ1) is 35.1. The third kappa shape index (κ3) is 11.5. The summed E-state index contributed by atoms with van der Waals surface area (Å²) in [6.07, 6.45) is 2.05. The number of hydrogen-bond donors (Lipinski definition) is 5. The molecule has 2 saturated heterocycles. The smallest absolute Gasteiger partial charge is 0.356 e. The minimum Gasteiger partial charge on any atom is -0.356 e. The van der Waals surface area contributed by atoms with Crippen LogP contribution in [-0.2, 0) is 40.7 Å². The van der Waals surface area contributed by atoms with Crippen molar-refractivity contribution < 1.29 is 56.7 Å². The fourth-order valence-corrected chi connectivity index (χ4v) is 10.8. The molecule has 5 N–H and O–H groups in total. The molecule has 0 bridgehead atoms. The molecule has 7 amide bonds. The fourth-order valence-electron chi connectivity index (χ4n) is 9.41. The molecule has 5 aromatic rings. The summed E-state index contributed by atoms with van der Waals surface area (Å²) < 4.78 is 41.1. The van der Waals surface area contributed by atoms with Crippen LogP contribution >= 0.6 is 18.9 Å². The van der Waals surface area contributed by atoms with Crippen LogP contribution in [0.1, 0.15) is 102 Å². The lowest BCUT2D eigenvalue weighted by Crippen LogP contribution is -2.58. The van der Waals surface area contributed by atoms with Crippen molar-refractivity contribution >= 4 is 76.1 Å². The molecule has 8 rings (SSSR count). The van der Waals surface area contributed by atoms with Crippen molar-refractivity contribution in [3.8, 4) is 23.0 Å². The third-order valence-electron chi connectivity index (χ3n) is 13.4. The van der Waals surface area contributed by atoms with Crippen LogP contribution in [0.3, 0.4) is 0 Å². The van der Waals surface area contributed by atoms with Crippen LogP contribution in [0.25, 0.3) is 21.2 Å². The van der Waals surface area contributed by atoms with E-state index in [0.29, 0.717) is 59.3 Å². The van der Waals surface area contributed by atoms with Crippen LogP contribution in [0.4, 0.5) is 14.5 Å². The lowest BCUT2D eigenvalue weighted by atomic mass is 9.85. The first-order valence-corrected chi connectivity index (χ1v) is 26.6. The Bertz CT molecular complexity index is 3160. The van der Waals surface area contributed by atoms with Gasteiger partial charge >= 0.3 is 13.3 Å². The van der Waals surface area contributed by atoms with Crippen molar-refractivity contribution in [3.63, 3.8) is 0 Å². The summed E-state index contributed by atoms with van der Waals surface area (Å²) in [5, 5.41) is 8.20. The molecule has 2 fully saturated rings. The zero-order valence-electron chi connectivity index (χ0n) is 40.9. The van der Waals surface area contributed by atoms with Crippen LogP contribution in [0.15, 0.2) is 97.1 Å². The van der Waals surface area contributed by atoms with E-state index >= 15 is 0 Å². The molecule has 0 saturated carbocycles. The number of unbranched alkanes of at least 4 members (excludes halogenated alkanes) is 1. The van der Waals surface area contributed by atoms with E-state index in [1.807, 2.05) is 54.6 Å². The summed E-state index contributed by atoms with van der Waals surface area (Å²) in [7, 11) is -5.84. The number of imide groups is 1. The number of piperidine rings is 1. The van der Waals surface area contributed by atoms with Crippen molar-refractivity contribution in [2.75, 3.05) is 24.5 Å². The van der Waals surface area contributed by atoms with Gasteiger partial charge in [-0.1, -0.05) is 87.2 Å². The average Bonchev–Trinajstić information content (AvgIpc) is 4.12. The number of nitrogens with zero attached hydrogens (tertiary/aromatic N) is 3. The van der Waals surface area contributed by atoms with Crippen molar-refractivity contribution in [1.82, 2.24) is 25.8 Å². The van der Waals surface area contributed by atoms with Crippen molar-refractivity contribution in [1.29, 1.82) is 0 Å². The molecular formula is C54H55F2N6O10PS. The second-order valence-electron chi connectivity index (χ2n) is 19.6. The normalized spacial score (nSPS) is 17.3. The number of benzene rings is 4. The molecule has 20 heteroatoms. The highest BCUT2D eigenvalue weighted by Gasteiger charge is 2.50. The molecular weight excluding hydrogens is 994 g/mol. The number of alkyl halides is 2. The number of likely N-dealkylation sites (tertiary alicyclic amines) is 1. The molecule has 4 heterocycles. The Morgan fingerprint density at radius 3 is 2.41 bits per heavy atom.